The van der Waals surface area contributed by atoms with Crippen molar-refractivity contribution < 1.29 is 23.0 Å². The summed E-state index contributed by atoms with van der Waals surface area (Å²) in [6.07, 6.45) is 0. The van der Waals surface area contributed by atoms with Gasteiger partial charge < -0.3 is 14.4 Å². The van der Waals surface area contributed by atoms with Gasteiger partial charge in [-0.2, -0.15) is 8.78 Å². The topological polar surface area (TPSA) is 54.9 Å². The number of carbonyl (C=O) groups is 1. The molecule has 1 fully saturated rings. The normalized spacial score (nSPS) is 15.5. The number of hydrogen-bond acceptors (Lipinski definition) is 6. The van der Waals surface area contributed by atoms with Crippen molar-refractivity contribution in [3.8, 4) is 5.75 Å². The van der Waals surface area contributed by atoms with Gasteiger partial charge in [-0.15, -0.1) is 0 Å². The van der Waals surface area contributed by atoms with Crippen molar-refractivity contribution in [2.45, 2.75) is 13.5 Å². The van der Waals surface area contributed by atoms with Gasteiger partial charge in [0.15, 0.2) is 0 Å². The number of anilines is 1. The van der Waals surface area contributed by atoms with E-state index in [2.05, 4.69) is 14.6 Å². The average Bonchev–Trinajstić information content (AvgIpc) is 2.61. The number of fused-ring (bicyclic) bond motifs is 1. The molecule has 2 heterocycles. The molecular formula is C18H21F2N3O3. The van der Waals surface area contributed by atoms with Crippen LogP contribution in [0.3, 0.4) is 0 Å². The Bertz CT molecular complexity index is 793. The number of pyridine rings is 1. The lowest BCUT2D eigenvalue weighted by molar-refractivity contribution is -0.142. The lowest BCUT2D eigenvalue weighted by Gasteiger charge is -2.36. The predicted octanol–water partition coefficient (Wildman–Crippen LogP) is 2.44. The van der Waals surface area contributed by atoms with Crippen LogP contribution in [0.4, 0.5) is 14.5 Å². The van der Waals surface area contributed by atoms with Crippen molar-refractivity contribution in [3.63, 3.8) is 0 Å². The highest BCUT2D eigenvalue weighted by molar-refractivity contribution is 5.93. The van der Waals surface area contributed by atoms with Crippen LogP contribution < -0.4 is 9.64 Å². The van der Waals surface area contributed by atoms with Crippen LogP contribution in [-0.2, 0) is 9.53 Å². The largest absolute Gasteiger partial charge is 0.468 e. The fraction of sp³-hybridized carbons (Fsp3) is 0.444. The van der Waals surface area contributed by atoms with E-state index in [-0.39, 0.29) is 18.3 Å². The van der Waals surface area contributed by atoms with Crippen LogP contribution in [0, 0.1) is 6.92 Å². The third-order valence-corrected chi connectivity index (χ3v) is 4.40. The molecule has 26 heavy (non-hydrogen) atoms. The number of hydrogen-bond donors (Lipinski definition) is 0. The van der Waals surface area contributed by atoms with Crippen molar-refractivity contribution in [2.75, 3.05) is 44.7 Å². The number of carbonyl (C=O) groups excluding carboxylic acids is 1. The third-order valence-electron chi connectivity index (χ3n) is 4.40. The summed E-state index contributed by atoms with van der Waals surface area (Å²) in [5.74, 6) is -0.138. The van der Waals surface area contributed by atoms with Crippen LogP contribution in [0.5, 0.6) is 5.75 Å². The first kappa shape index (κ1) is 18.3. The molecule has 8 heteroatoms. The molecule has 0 spiro atoms. The standard InChI is InChI=1S/C18H21F2N3O3/c1-12-9-16(23-7-5-22(6-8-23)11-17(24)25-2)14-10-13(26-18(19)20)3-4-15(14)21-12/h3-4,9-10,18H,5-8,11H2,1-2H3. The highest BCUT2D eigenvalue weighted by atomic mass is 19.3. The summed E-state index contributed by atoms with van der Waals surface area (Å²) in [6, 6.07) is 6.74. The zero-order valence-corrected chi connectivity index (χ0v) is 14.7. The van der Waals surface area contributed by atoms with Gasteiger partial charge in [0.1, 0.15) is 5.75 Å². The Hall–Kier alpha value is -2.48. The van der Waals surface area contributed by atoms with Crippen molar-refractivity contribution >= 4 is 22.6 Å². The summed E-state index contributed by atoms with van der Waals surface area (Å²) < 4.78 is 34.3. The molecule has 1 aromatic carbocycles. The number of alkyl halides is 2. The van der Waals surface area contributed by atoms with Gasteiger partial charge in [-0.25, -0.2) is 0 Å². The second kappa shape index (κ2) is 7.82. The van der Waals surface area contributed by atoms with Crippen LogP contribution in [0.1, 0.15) is 5.69 Å². The second-order valence-electron chi connectivity index (χ2n) is 6.18. The molecule has 3 rings (SSSR count). The number of piperazine rings is 1. The fourth-order valence-electron chi connectivity index (χ4n) is 3.15. The van der Waals surface area contributed by atoms with Gasteiger partial charge in [-0.05, 0) is 31.2 Å². The van der Waals surface area contributed by atoms with E-state index < -0.39 is 6.61 Å². The average molecular weight is 365 g/mol. The molecule has 0 N–H and O–H groups in total. The quantitative estimate of drug-likeness (QED) is 0.759. The predicted molar refractivity (Wildman–Crippen MR) is 93.8 cm³/mol. The van der Waals surface area contributed by atoms with E-state index in [0.29, 0.717) is 13.1 Å². The van der Waals surface area contributed by atoms with Crippen LogP contribution in [0.2, 0.25) is 0 Å². The molecule has 0 saturated carbocycles. The molecule has 0 aliphatic carbocycles. The lowest BCUT2D eigenvalue weighted by atomic mass is 10.1. The highest BCUT2D eigenvalue weighted by Gasteiger charge is 2.21. The van der Waals surface area contributed by atoms with Gasteiger partial charge in [-0.1, -0.05) is 0 Å². The van der Waals surface area contributed by atoms with E-state index >= 15 is 0 Å². The molecule has 0 radical (unpaired) electrons. The van der Waals surface area contributed by atoms with Crippen LogP contribution >= 0.6 is 0 Å². The molecule has 0 bridgehead atoms. The number of halogens is 2. The molecule has 2 aromatic rings. The second-order valence-corrected chi connectivity index (χ2v) is 6.18. The number of aromatic nitrogens is 1. The Kier molecular flexibility index (Phi) is 5.51. The molecular weight excluding hydrogens is 344 g/mol. The monoisotopic (exact) mass is 365 g/mol. The molecule has 0 atom stereocenters. The van der Waals surface area contributed by atoms with Crippen LogP contribution in [0.25, 0.3) is 10.9 Å². The Morgan fingerprint density at radius 3 is 2.62 bits per heavy atom. The zero-order chi connectivity index (χ0) is 18.7. The summed E-state index contributed by atoms with van der Waals surface area (Å²) in [6.45, 7) is 2.17. The molecule has 0 amide bonds. The maximum absolute atomic E-state index is 12.5. The van der Waals surface area contributed by atoms with Gasteiger partial charge in [0.25, 0.3) is 0 Å². The number of esters is 1. The first-order valence-corrected chi connectivity index (χ1v) is 8.36. The number of methoxy groups -OCH3 is 1. The summed E-state index contributed by atoms with van der Waals surface area (Å²) in [4.78, 5) is 20.1. The number of ether oxygens (including phenoxy) is 2. The molecule has 140 valence electrons. The van der Waals surface area contributed by atoms with Gasteiger partial charge >= 0.3 is 12.6 Å². The molecule has 1 aliphatic heterocycles. The summed E-state index contributed by atoms with van der Waals surface area (Å²) >= 11 is 0. The lowest BCUT2D eigenvalue weighted by Crippen LogP contribution is -2.48. The van der Waals surface area contributed by atoms with Gasteiger partial charge in [0, 0.05) is 42.9 Å². The number of benzene rings is 1. The van der Waals surface area contributed by atoms with E-state index in [1.165, 1.54) is 13.2 Å². The number of rotatable bonds is 5. The summed E-state index contributed by atoms with van der Waals surface area (Å²) in [7, 11) is 1.38. The summed E-state index contributed by atoms with van der Waals surface area (Å²) in [5, 5.41) is 0.773. The highest BCUT2D eigenvalue weighted by Crippen LogP contribution is 2.31. The Balaban J connectivity index is 1.83. The van der Waals surface area contributed by atoms with Crippen LogP contribution in [-0.4, -0.2) is 62.3 Å². The molecule has 0 unspecified atom stereocenters. The number of nitrogens with zero attached hydrogens (tertiary/aromatic N) is 3. The zero-order valence-electron chi connectivity index (χ0n) is 14.7. The SMILES string of the molecule is COC(=O)CN1CCN(c2cc(C)nc3ccc(OC(F)F)cc23)CC1. The molecule has 1 saturated heterocycles. The minimum atomic E-state index is -2.86. The van der Waals surface area contributed by atoms with E-state index in [1.807, 2.05) is 17.9 Å². The minimum Gasteiger partial charge on any atom is -0.468 e. The van der Waals surface area contributed by atoms with E-state index in [9.17, 15) is 13.6 Å². The van der Waals surface area contributed by atoms with Crippen molar-refractivity contribution in [1.29, 1.82) is 0 Å². The van der Waals surface area contributed by atoms with Crippen LogP contribution in [0.15, 0.2) is 24.3 Å². The first-order chi connectivity index (χ1) is 12.5. The Morgan fingerprint density at radius 1 is 1.23 bits per heavy atom. The Morgan fingerprint density at radius 2 is 1.96 bits per heavy atom. The van der Waals surface area contributed by atoms with Crippen molar-refractivity contribution in [3.05, 3.63) is 30.0 Å². The first-order valence-electron chi connectivity index (χ1n) is 8.36. The number of aryl methyl sites for hydroxylation is 1. The van der Waals surface area contributed by atoms with Gasteiger partial charge in [-0.3, -0.25) is 14.7 Å². The van der Waals surface area contributed by atoms with Crippen molar-refractivity contribution in [2.24, 2.45) is 0 Å². The smallest absolute Gasteiger partial charge is 0.387 e. The van der Waals surface area contributed by atoms with Crippen molar-refractivity contribution in [1.82, 2.24) is 9.88 Å². The fourth-order valence-corrected chi connectivity index (χ4v) is 3.15. The molecule has 6 nitrogen and oxygen atoms in total. The van der Waals surface area contributed by atoms with E-state index in [1.54, 1.807) is 12.1 Å². The van der Waals surface area contributed by atoms with Gasteiger partial charge in [0.05, 0.1) is 19.2 Å². The third kappa shape index (κ3) is 4.19. The van der Waals surface area contributed by atoms with Gasteiger partial charge in [0.2, 0.25) is 0 Å². The Labute approximate surface area is 150 Å². The van der Waals surface area contributed by atoms with E-state index in [4.69, 9.17) is 4.74 Å². The molecule has 1 aromatic heterocycles. The molecule has 1 aliphatic rings. The van der Waals surface area contributed by atoms with E-state index in [0.717, 1.165) is 35.4 Å². The summed E-state index contributed by atoms with van der Waals surface area (Å²) in [5.41, 5.74) is 2.52. The maximum Gasteiger partial charge on any atom is 0.387 e. The maximum atomic E-state index is 12.5. The minimum absolute atomic E-state index is 0.115.